The lowest BCUT2D eigenvalue weighted by atomic mass is 10.0. The smallest absolute Gasteiger partial charge is 0.251 e. The fourth-order valence-corrected chi connectivity index (χ4v) is 1.78. The largest absolute Gasteiger partial charge is 0.395 e. The molecule has 0 unspecified atom stereocenters. The molecule has 0 bridgehead atoms. The minimum Gasteiger partial charge on any atom is -0.395 e. The number of amides is 1. The molecule has 0 aliphatic rings. The molecule has 0 aliphatic heterocycles. The zero-order valence-electron chi connectivity index (χ0n) is 13.1. The molecule has 0 fully saturated rings. The normalized spacial score (nSPS) is 10.1. The maximum Gasteiger partial charge on any atom is 0.251 e. The molecule has 0 aliphatic carbocycles. The molecule has 4 nitrogen and oxygen atoms in total. The van der Waals surface area contributed by atoms with E-state index < -0.39 is 0 Å². The Morgan fingerprint density at radius 2 is 2.19 bits per heavy atom. The average molecular weight is 288 g/mol. The van der Waals surface area contributed by atoms with Crippen LogP contribution in [0.15, 0.2) is 18.2 Å². The number of rotatable bonds is 6. The summed E-state index contributed by atoms with van der Waals surface area (Å²) in [5.41, 5.74) is 2.39. The van der Waals surface area contributed by atoms with Crippen LogP contribution < -0.4 is 5.32 Å². The number of carbonyl (C=O) groups excluding carboxylic acids is 1. The number of benzene rings is 1. The molecule has 0 radical (unpaired) electrons. The van der Waals surface area contributed by atoms with E-state index in [1.54, 1.807) is 6.07 Å². The van der Waals surface area contributed by atoms with Crippen molar-refractivity contribution in [3.05, 3.63) is 34.9 Å². The van der Waals surface area contributed by atoms with Crippen molar-refractivity contribution < 1.29 is 9.90 Å². The summed E-state index contributed by atoms with van der Waals surface area (Å²) >= 11 is 0. The van der Waals surface area contributed by atoms with Crippen LogP contribution in [0.25, 0.3) is 0 Å². The maximum atomic E-state index is 12.2. The van der Waals surface area contributed by atoms with E-state index in [0.717, 1.165) is 24.2 Å². The number of nitrogens with zero attached hydrogens (tertiary/aromatic N) is 1. The number of aryl methyl sites for hydroxylation is 1. The van der Waals surface area contributed by atoms with Gasteiger partial charge in [-0.1, -0.05) is 24.8 Å². The van der Waals surface area contributed by atoms with Crippen molar-refractivity contribution in [3.8, 4) is 11.8 Å². The van der Waals surface area contributed by atoms with Gasteiger partial charge in [0.2, 0.25) is 0 Å². The van der Waals surface area contributed by atoms with Gasteiger partial charge in [-0.25, -0.2) is 0 Å². The molecular weight excluding hydrogens is 264 g/mol. The molecule has 0 aromatic heterocycles. The summed E-state index contributed by atoms with van der Waals surface area (Å²) in [6, 6.07) is 5.59. The summed E-state index contributed by atoms with van der Waals surface area (Å²) in [5.74, 6) is 5.75. The van der Waals surface area contributed by atoms with Crippen molar-refractivity contribution in [3.63, 3.8) is 0 Å². The van der Waals surface area contributed by atoms with Gasteiger partial charge in [0.15, 0.2) is 0 Å². The fourth-order valence-electron chi connectivity index (χ4n) is 1.78. The zero-order valence-corrected chi connectivity index (χ0v) is 13.1. The van der Waals surface area contributed by atoms with Gasteiger partial charge in [-0.15, -0.1) is 0 Å². The summed E-state index contributed by atoms with van der Waals surface area (Å²) in [5, 5.41) is 11.7. The number of likely N-dealkylation sites (N-methyl/N-ethyl adjacent to an activating group) is 1. The lowest BCUT2D eigenvalue weighted by Crippen LogP contribution is -2.33. The molecule has 114 valence electrons. The Morgan fingerprint density at radius 1 is 1.43 bits per heavy atom. The van der Waals surface area contributed by atoms with Gasteiger partial charge in [0, 0.05) is 30.6 Å². The first-order valence-electron chi connectivity index (χ1n) is 7.25. The number of aliphatic hydroxyl groups excluding tert-OH is 1. The summed E-state index contributed by atoms with van der Waals surface area (Å²) in [4.78, 5) is 14.3. The molecule has 2 N–H and O–H groups in total. The highest BCUT2D eigenvalue weighted by Crippen LogP contribution is 2.10. The molecule has 0 spiro atoms. The molecular formula is C17H24N2O2. The molecule has 1 aromatic carbocycles. The number of aliphatic hydroxyl groups is 1. The van der Waals surface area contributed by atoms with Crippen LogP contribution in [0.3, 0.4) is 0 Å². The molecule has 0 heterocycles. The van der Waals surface area contributed by atoms with Crippen molar-refractivity contribution in [2.75, 3.05) is 33.3 Å². The Hall–Kier alpha value is -1.83. The fraction of sp³-hybridized carbons (Fsp3) is 0.471. The molecule has 1 amide bonds. The van der Waals surface area contributed by atoms with Crippen LogP contribution in [0.4, 0.5) is 0 Å². The van der Waals surface area contributed by atoms with E-state index in [2.05, 4.69) is 29.0 Å². The van der Waals surface area contributed by atoms with E-state index in [1.807, 2.05) is 26.1 Å². The molecule has 0 atom stereocenters. The SMILES string of the molecule is CCN(C)CCNC(=O)c1cc(C#CCCO)ccc1C. The number of hydrogen-bond acceptors (Lipinski definition) is 3. The number of carbonyl (C=O) groups is 1. The summed E-state index contributed by atoms with van der Waals surface area (Å²) in [6.07, 6.45) is 0.443. The first kappa shape index (κ1) is 17.2. The van der Waals surface area contributed by atoms with Gasteiger partial charge in [0.1, 0.15) is 0 Å². The monoisotopic (exact) mass is 288 g/mol. The molecule has 0 saturated carbocycles. The quantitative estimate of drug-likeness (QED) is 0.778. The third-order valence-corrected chi connectivity index (χ3v) is 3.27. The van der Waals surface area contributed by atoms with Crippen molar-refractivity contribution in [2.45, 2.75) is 20.3 Å². The van der Waals surface area contributed by atoms with Crippen molar-refractivity contribution in [2.24, 2.45) is 0 Å². The van der Waals surface area contributed by atoms with Crippen LogP contribution in [-0.2, 0) is 0 Å². The Morgan fingerprint density at radius 3 is 2.86 bits per heavy atom. The highest BCUT2D eigenvalue weighted by Gasteiger charge is 2.09. The summed E-state index contributed by atoms with van der Waals surface area (Å²) in [7, 11) is 2.02. The van der Waals surface area contributed by atoms with E-state index >= 15 is 0 Å². The van der Waals surface area contributed by atoms with Crippen molar-refractivity contribution >= 4 is 5.91 Å². The molecule has 1 rings (SSSR count). The third kappa shape index (κ3) is 5.99. The minimum absolute atomic E-state index is 0.0527. The lowest BCUT2D eigenvalue weighted by molar-refractivity contribution is 0.0949. The summed E-state index contributed by atoms with van der Waals surface area (Å²) in [6.45, 7) is 6.47. The third-order valence-electron chi connectivity index (χ3n) is 3.27. The second-order valence-electron chi connectivity index (χ2n) is 4.96. The first-order chi connectivity index (χ1) is 10.1. The zero-order chi connectivity index (χ0) is 15.7. The highest BCUT2D eigenvalue weighted by atomic mass is 16.2. The molecule has 1 aromatic rings. The molecule has 4 heteroatoms. The molecule has 0 saturated heterocycles. The predicted molar refractivity (Wildman–Crippen MR) is 85.3 cm³/mol. The van der Waals surface area contributed by atoms with Crippen LogP contribution >= 0.6 is 0 Å². The van der Waals surface area contributed by atoms with Gasteiger partial charge >= 0.3 is 0 Å². The van der Waals surface area contributed by atoms with E-state index in [-0.39, 0.29) is 12.5 Å². The standard InChI is InChI=1S/C17H24N2O2/c1-4-19(3)11-10-18-17(21)16-13-15(7-5-6-12-20)9-8-14(16)2/h8-9,13,20H,4,6,10-12H2,1-3H3,(H,18,21). The van der Waals surface area contributed by atoms with Crippen molar-refractivity contribution in [1.29, 1.82) is 0 Å². The number of hydrogen-bond donors (Lipinski definition) is 2. The van der Waals surface area contributed by atoms with Gasteiger partial charge in [-0.3, -0.25) is 4.79 Å². The van der Waals surface area contributed by atoms with Gasteiger partial charge in [0.25, 0.3) is 5.91 Å². The maximum absolute atomic E-state index is 12.2. The van der Waals surface area contributed by atoms with E-state index in [1.165, 1.54) is 0 Å². The molecule has 21 heavy (non-hydrogen) atoms. The highest BCUT2D eigenvalue weighted by molar-refractivity contribution is 5.96. The Bertz CT molecular complexity index is 529. The Kier molecular flexibility index (Phi) is 7.52. The predicted octanol–water partition coefficient (Wildman–Crippen LogP) is 1.41. The first-order valence-corrected chi connectivity index (χ1v) is 7.25. The number of nitrogens with one attached hydrogen (secondary N) is 1. The van der Waals surface area contributed by atoms with Gasteiger partial charge in [-0.05, 0) is 38.2 Å². The second kappa shape index (κ2) is 9.17. The average Bonchev–Trinajstić information content (AvgIpc) is 2.48. The topological polar surface area (TPSA) is 52.6 Å². The van der Waals surface area contributed by atoms with E-state index in [9.17, 15) is 4.79 Å². The van der Waals surface area contributed by atoms with Crippen LogP contribution in [0.5, 0.6) is 0 Å². The summed E-state index contributed by atoms with van der Waals surface area (Å²) < 4.78 is 0. The lowest BCUT2D eigenvalue weighted by Gasteiger charge is -2.14. The van der Waals surface area contributed by atoms with Gasteiger partial charge in [-0.2, -0.15) is 0 Å². The Labute approximate surface area is 127 Å². The van der Waals surface area contributed by atoms with Crippen LogP contribution in [-0.4, -0.2) is 49.2 Å². The minimum atomic E-state index is -0.0668. The van der Waals surface area contributed by atoms with Crippen molar-refractivity contribution in [1.82, 2.24) is 10.2 Å². The van der Waals surface area contributed by atoms with E-state index in [0.29, 0.717) is 18.5 Å². The van der Waals surface area contributed by atoms with Gasteiger partial charge in [0.05, 0.1) is 6.61 Å². The Balaban J connectivity index is 2.70. The van der Waals surface area contributed by atoms with Crippen LogP contribution in [0.2, 0.25) is 0 Å². The van der Waals surface area contributed by atoms with E-state index in [4.69, 9.17) is 5.11 Å². The van der Waals surface area contributed by atoms with Crippen LogP contribution in [0, 0.1) is 18.8 Å². The van der Waals surface area contributed by atoms with Crippen LogP contribution in [0.1, 0.15) is 34.8 Å². The van der Waals surface area contributed by atoms with Gasteiger partial charge < -0.3 is 15.3 Å². The second-order valence-corrected chi connectivity index (χ2v) is 4.96.